The number of hydrogen-bond donors (Lipinski definition) is 3. The summed E-state index contributed by atoms with van der Waals surface area (Å²) >= 11 is 5.98. The van der Waals surface area contributed by atoms with Crippen molar-refractivity contribution in [3.63, 3.8) is 0 Å². The van der Waals surface area contributed by atoms with Gasteiger partial charge in [-0.3, -0.25) is 9.82 Å². The summed E-state index contributed by atoms with van der Waals surface area (Å²) in [6, 6.07) is 5.05. The van der Waals surface area contributed by atoms with E-state index in [2.05, 4.69) is 20.2 Å². The Hall–Kier alpha value is -1.57. The fourth-order valence-electron chi connectivity index (χ4n) is 1.76. The maximum absolute atomic E-state index is 12.4. The normalized spacial score (nSPS) is 11.6. The van der Waals surface area contributed by atoms with Crippen LogP contribution in [0.25, 0.3) is 0 Å². The average Bonchev–Trinajstić information content (AvgIpc) is 2.84. The molecule has 0 unspecified atom stereocenters. The molecule has 0 atom stereocenters. The van der Waals surface area contributed by atoms with E-state index >= 15 is 0 Å². The van der Waals surface area contributed by atoms with Gasteiger partial charge in [0.1, 0.15) is 0 Å². The van der Waals surface area contributed by atoms with Gasteiger partial charge in [-0.15, -0.1) is 0 Å². The van der Waals surface area contributed by atoms with Crippen molar-refractivity contribution in [2.75, 3.05) is 11.8 Å². The highest BCUT2D eigenvalue weighted by molar-refractivity contribution is 7.92. The third kappa shape index (κ3) is 2.95. The smallest absolute Gasteiger partial charge is 0.279 e. The monoisotopic (exact) mass is 314 g/mol. The van der Waals surface area contributed by atoms with E-state index in [0.717, 1.165) is 0 Å². The number of aromatic nitrogens is 2. The van der Waals surface area contributed by atoms with E-state index in [0.29, 0.717) is 28.4 Å². The van der Waals surface area contributed by atoms with Crippen molar-refractivity contribution in [1.29, 1.82) is 0 Å². The number of H-pyrrole nitrogens is 1. The molecule has 0 saturated heterocycles. The van der Waals surface area contributed by atoms with E-state index in [1.807, 2.05) is 0 Å². The minimum absolute atomic E-state index is 0.0474. The van der Waals surface area contributed by atoms with Crippen LogP contribution in [-0.2, 0) is 16.6 Å². The maximum atomic E-state index is 12.4. The Kier molecular flexibility index (Phi) is 4.32. The second-order valence-corrected chi connectivity index (χ2v) is 6.30. The first kappa shape index (κ1) is 14.8. The summed E-state index contributed by atoms with van der Waals surface area (Å²) in [4.78, 5) is 0. The van der Waals surface area contributed by atoms with Crippen LogP contribution in [0, 0.1) is 6.92 Å². The fourth-order valence-corrected chi connectivity index (χ4v) is 3.19. The summed E-state index contributed by atoms with van der Waals surface area (Å²) in [6.45, 7) is 2.16. The molecule has 1 heterocycles. The number of benzene rings is 1. The number of rotatable bonds is 5. The van der Waals surface area contributed by atoms with Crippen LogP contribution in [0.15, 0.2) is 29.4 Å². The molecular formula is C12H15ClN4O2S. The zero-order valence-electron chi connectivity index (χ0n) is 11.1. The van der Waals surface area contributed by atoms with Crippen LogP contribution in [0.2, 0.25) is 5.02 Å². The molecule has 0 saturated carbocycles. The first-order valence-corrected chi connectivity index (χ1v) is 7.76. The van der Waals surface area contributed by atoms with Crippen LogP contribution >= 0.6 is 11.6 Å². The van der Waals surface area contributed by atoms with Crippen LogP contribution in [-0.4, -0.2) is 25.7 Å². The van der Waals surface area contributed by atoms with Crippen molar-refractivity contribution in [2.45, 2.75) is 18.5 Å². The SMILES string of the molecule is CNCc1cn[nH]c1S(=O)(=O)Nc1cccc(Cl)c1C. The van der Waals surface area contributed by atoms with Gasteiger partial charge in [0.25, 0.3) is 10.0 Å². The number of hydrogen-bond acceptors (Lipinski definition) is 4. The van der Waals surface area contributed by atoms with E-state index < -0.39 is 10.0 Å². The molecule has 3 N–H and O–H groups in total. The second kappa shape index (κ2) is 5.82. The molecule has 0 aliphatic rings. The molecule has 6 nitrogen and oxygen atoms in total. The third-order valence-electron chi connectivity index (χ3n) is 2.83. The zero-order chi connectivity index (χ0) is 14.8. The van der Waals surface area contributed by atoms with Gasteiger partial charge in [0, 0.05) is 17.1 Å². The molecule has 1 aromatic carbocycles. The van der Waals surface area contributed by atoms with E-state index in [-0.39, 0.29) is 5.03 Å². The maximum Gasteiger partial charge on any atom is 0.279 e. The van der Waals surface area contributed by atoms with Crippen molar-refractivity contribution >= 4 is 27.3 Å². The molecule has 8 heteroatoms. The van der Waals surface area contributed by atoms with Crippen LogP contribution in [0.3, 0.4) is 0 Å². The summed E-state index contributed by atoms with van der Waals surface area (Å²) < 4.78 is 27.3. The van der Waals surface area contributed by atoms with Gasteiger partial charge in [0.05, 0.1) is 11.9 Å². The van der Waals surface area contributed by atoms with Gasteiger partial charge >= 0.3 is 0 Å². The molecule has 2 rings (SSSR count). The lowest BCUT2D eigenvalue weighted by Gasteiger charge is -2.11. The molecule has 0 bridgehead atoms. The largest absolute Gasteiger partial charge is 0.316 e. The predicted octanol–water partition coefficient (Wildman–Crippen LogP) is 1.89. The Morgan fingerprint density at radius 3 is 2.85 bits per heavy atom. The van der Waals surface area contributed by atoms with Crippen molar-refractivity contribution in [1.82, 2.24) is 15.5 Å². The Bertz CT molecular complexity index is 712. The number of nitrogens with one attached hydrogen (secondary N) is 3. The number of nitrogens with zero attached hydrogens (tertiary/aromatic N) is 1. The molecule has 1 aromatic heterocycles. The van der Waals surface area contributed by atoms with Gasteiger partial charge in [-0.05, 0) is 31.7 Å². The lowest BCUT2D eigenvalue weighted by atomic mass is 10.2. The van der Waals surface area contributed by atoms with Gasteiger partial charge in [-0.1, -0.05) is 17.7 Å². The standard InChI is InChI=1S/C12H15ClN4O2S/c1-8-10(13)4-3-5-11(8)17-20(18,19)12-9(6-14-2)7-15-16-12/h3-5,7,14,17H,6H2,1-2H3,(H,15,16). The Morgan fingerprint density at radius 2 is 2.15 bits per heavy atom. The highest BCUT2D eigenvalue weighted by Gasteiger charge is 2.21. The molecule has 0 amide bonds. The van der Waals surface area contributed by atoms with Gasteiger partial charge < -0.3 is 5.32 Å². The van der Waals surface area contributed by atoms with Gasteiger partial charge in [0.15, 0.2) is 5.03 Å². The molecule has 0 radical (unpaired) electrons. The number of sulfonamides is 1. The number of anilines is 1. The summed E-state index contributed by atoms with van der Waals surface area (Å²) in [7, 11) is -1.99. The van der Waals surface area contributed by atoms with Crippen LogP contribution < -0.4 is 10.0 Å². The molecule has 20 heavy (non-hydrogen) atoms. The predicted molar refractivity (Wildman–Crippen MR) is 78.3 cm³/mol. The molecule has 0 aliphatic carbocycles. The van der Waals surface area contributed by atoms with Crippen molar-refractivity contribution in [3.05, 3.63) is 40.5 Å². The highest BCUT2D eigenvalue weighted by Crippen LogP contribution is 2.25. The Labute approximate surface area is 122 Å². The third-order valence-corrected chi connectivity index (χ3v) is 4.62. The van der Waals surface area contributed by atoms with E-state index in [1.165, 1.54) is 6.20 Å². The summed E-state index contributed by atoms with van der Waals surface area (Å²) in [5.41, 5.74) is 1.69. The van der Waals surface area contributed by atoms with E-state index in [4.69, 9.17) is 11.6 Å². The zero-order valence-corrected chi connectivity index (χ0v) is 12.6. The van der Waals surface area contributed by atoms with Crippen LogP contribution in [0.1, 0.15) is 11.1 Å². The van der Waals surface area contributed by atoms with Crippen molar-refractivity contribution in [2.24, 2.45) is 0 Å². The Balaban J connectivity index is 2.36. The van der Waals surface area contributed by atoms with Crippen LogP contribution in [0.4, 0.5) is 5.69 Å². The summed E-state index contributed by atoms with van der Waals surface area (Å²) in [6.07, 6.45) is 1.48. The lowest BCUT2D eigenvalue weighted by Crippen LogP contribution is -2.17. The lowest BCUT2D eigenvalue weighted by molar-refractivity contribution is 0.595. The van der Waals surface area contributed by atoms with Gasteiger partial charge in [-0.25, -0.2) is 0 Å². The highest BCUT2D eigenvalue weighted by atomic mass is 35.5. The second-order valence-electron chi connectivity index (χ2n) is 4.27. The summed E-state index contributed by atoms with van der Waals surface area (Å²) in [5, 5.41) is 9.74. The molecule has 0 aliphatic heterocycles. The first-order chi connectivity index (χ1) is 9.45. The number of aromatic amines is 1. The topological polar surface area (TPSA) is 86.9 Å². The van der Waals surface area contributed by atoms with Crippen molar-refractivity contribution < 1.29 is 8.42 Å². The van der Waals surface area contributed by atoms with Gasteiger partial charge in [-0.2, -0.15) is 13.5 Å². The average molecular weight is 315 g/mol. The fraction of sp³-hybridized carbons (Fsp3) is 0.250. The molecule has 2 aromatic rings. The molecule has 0 spiro atoms. The minimum atomic E-state index is -3.73. The van der Waals surface area contributed by atoms with Crippen molar-refractivity contribution in [3.8, 4) is 0 Å². The Morgan fingerprint density at radius 1 is 1.40 bits per heavy atom. The summed E-state index contributed by atoms with van der Waals surface area (Å²) in [5.74, 6) is 0. The molecule has 108 valence electrons. The van der Waals surface area contributed by atoms with E-state index in [9.17, 15) is 8.42 Å². The van der Waals surface area contributed by atoms with Crippen LogP contribution in [0.5, 0.6) is 0 Å². The number of halogens is 1. The molecular weight excluding hydrogens is 300 g/mol. The van der Waals surface area contributed by atoms with E-state index in [1.54, 1.807) is 32.2 Å². The quantitative estimate of drug-likeness (QED) is 0.786. The molecule has 0 fully saturated rings. The first-order valence-electron chi connectivity index (χ1n) is 5.90. The van der Waals surface area contributed by atoms with Gasteiger partial charge in [0.2, 0.25) is 0 Å². The minimum Gasteiger partial charge on any atom is -0.316 e.